The van der Waals surface area contributed by atoms with Gasteiger partial charge in [0, 0.05) is 23.4 Å². The third-order valence-electron chi connectivity index (χ3n) is 3.33. The van der Waals surface area contributed by atoms with Crippen molar-refractivity contribution in [3.05, 3.63) is 82.2 Å². The molecule has 0 spiro atoms. The Hall–Kier alpha value is -2.80. The van der Waals surface area contributed by atoms with Gasteiger partial charge in [-0.05, 0) is 23.8 Å². The average molecular weight is 341 g/mol. The molecular weight excluding hydrogens is 329 g/mol. The van der Waals surface area contributed by atoms with Crippen LogP contribution in [0, 0.1) is 15.9 Å². The maximum atomic E-state index is 13.6. The summed E-state index contributed by atoms with van der Waals surface area (Å²) in [6.45, 7) is 0. The molecule has 0 saturated heterocycles. The van der Waals surface area contributed by atoms with Gasteiger partial charge in [0.15, 0.2) is 0 Å². The van der Waals surface area contributed by atoms with Crippen molar-refractivity contribution in [1.82, 2.24) is 10.2 Å². The van der Waals surface area contributed by atoms with Gasteiger partial charge in [0.2, 0.25) is 0 Å². The molecule has 0 aliphatic rings. The van der Waals surface area contributed by atoms with Crippen molar-refractivity contribution >= 4 is 17.4 Å². The normalized spacial score (nSPS) is 10.5. The Morgan fingerprint density at radius 2 is 1.88 bits per heavy atom. The van der Waals surface area contributed by atoms with Crippen molar-refractivity contribution in [2.24, 2.45) is 0 Å². The Kier molecular flexibility index (Phi) is 4.81. The Balaban J connectivity index is 1.73. The van der Waals surface area contributed by atoms with Gasteiger partial charge in [-0.15, -0.1) is 10.2 Å². The highest BCUT2D eigenvalue weighted by molar-refractivity contribution is 7.98. The lowest BCUT2D eigenvalue weighted by Crippen LogP contribution is -1.92. The van der Waals surface area contributed by atoms with Gasteiger partial charge in [-0.1, -0.05) is 42.1 Å². The molecule has 0 aliphatic carbocycles. The summed E-state index contributed by atoms with van der Waals surface area (Å²) in [5.41, 5.74) is 1.79. The SMILES string of the molecule is O=[N+]([O-])c1cccc(-c2ccc(SCc3ccccc3F)nn2)c1. The zero-order valence-corrected chi connectivity index (χ0v) is 13.2. The second-order valence-corrected chi connectivity index (χ2v) is 5.94. The van der Waals surface area contributed by atoms with E-state index in [1.54, 1.807) is 42.5 Å². The minimum absolute atomic E-state index is 0.00676. The van der Waals surface area contributed by atoms with Crippen LogP contribution in [0.4, 0.5) is 10.1 Å². The molecule has 0 fully saturated rings. The molecule has 120 valence electrons. The predicted octanol–water partition coefficient (Wildman–Crippen LogP) is 4.48. The van der Waals surface area contributed by atoms with Gasteiger partial charge in [-0.25, -0.2) is 4.39 Å². The van der Waals surface area contributed by atoms with Crippen molar-refractivity contribution in [2.75, 3.05) is 0 Å². The molecule has 0 N–H and O–H groups in total. The molecule has 1 aromatic heterocycles. The maximum absolute atomic E-state index is 13.6. The third-order valence-corrected chi connectivity index (χ3v) is 4.30. The molecular formula is C17H12FN3O2S. The highest BCUT2D eigenvalue weighted by atomic mass is 32.2. The number of nitrogens with zero attached hydrogens (tertiary/aromatic N) is 3. The van der Waals surface area contributed by atoms with Gasteiger partial charge in [-0.3, -0.25) is 10.1 Å². The number of benzene rings is 2. The molecule has 0 amide bonds. The average Bonchev–Trinajstić information content (AvgIpc) is 2.61. The van der Waals surface area contributed by atoms with Crippen LogP contribution in [-0.2, 0) is 5.75 Å². The standard InChI is InChI=1S/C17H12FN3O2S/c18-15-7-2-1-4-13(15)11-24-17-9-8-16(19-20-17)12-5-3-6-14(10-12)21(22)23/h1-10H,11H2. The number of aromatic nitrogens is 2. The fourth-order valence-electron chi connectivity index (χ4n) is 2.10. The van der Waals surface area contributed by atoms with Crippen molar-refractivity contribution < 1.29 is 9.31 Å². The number of nitro groups is 1. The van der Waals surface area contributed by atoms with E-state index in [1.165, 1.54) is 30.0 Å². The molecule has 0 aliphatic heterocycles. The van der Waals surface area contributed by atoms with E-state index in [0.717, 1.165) is 0 Å². The van der Waals surface area contributed by atoms with E-state index in [2.05, 4.69) is 10.2 Å². The third kappa shape index (κ3) is 3.75. The first-order valence-electron chi connectivity index (χ1n) is 7.08. The van der Waals surface area contributed by atoms with Crippen LogP contribution in [-0.4, -0.2) is 15.1 Å². The minimum Gasteiger partial charge on any atom is -0.258 e. The number of halogens is 1. The van der Waals surface area contributed by atoms with Crippen LogP contribution in [0.3, 0.4) is 0 Å². The zero-order chi connectivity index (χ0) is 16.9. The largest absolute Gasteiger partial charge is 0.270 e. The highest BCUT2D eigenvalue weighted by Gasteiger charge is 2.09. The van der Waals surface area contributed by atoms with Gasteiger partial charge in [0.25, 0.3) is 5.69 Å². The van der Waals surface area contributed by atoms with E-state index < -0.39 is 4.92 Å². The second kappa shape index (κ2) is 7.18. The number of rotatable bonds is 5. The number of non-ortho nitro benzene ring substituents is 1. The van der Waals surface area contributed by atoms with E-state index in [9.17, 15) is 14.5 Å². The molecule has 5 nitrogen and oxygen atoms in total. The Labute approximate surface area is 141 Å². The first-order valence-corrected chi connectivity index (χ1v) is 8.07. The van der Waals surface area contributed by atoms with Gasteiger partial charge >= 0.3 is 0 Å². The van der Waals surface area contributed by atoms with E-state index in [1.807, 2.05) is 0 Å². The molecule has 0 radical (unpaired) electrons. The summed E-state index contributed by atoms with van der Waals surface area (Å²) in [5.74, 6) is 0.212. The topological polar surface area (TPSA) is 68.9 Å². The Morgan fingerprint density at radius 3 is 2.58 bits per heavy atom. The predicted molar refractivity (Wildman–Crippen MR) is 90.1 cm³/mol. The summed E-state index contributed by atoms with van der Waals surface area (Å²) >= 11 is 1.38. The van der Waals surface area contributed by atoms with Crippen molar-refractivity contribution in [1.29, 1.82) is 0 Å². The molecule has 7 heteroatoms. The number of hydrogen-bond acceptors (Lipinski definition) is 5. The minimum atomic E-state index is -0.449. The molecule has 0 bridgehead atoms. The quantitative estimate of drug-likeness (QED) is 0.389. The molecule has 3 rings (SSSR count). The summed E-state index contributed by atoms with van der Waals surface area (Å²) < 4.78 is 13.6. The summed E-state index contributed by atoms with van der Waals surface area (Å²) in [6.07, 6.45) is 0. The van der Waals surface area contributed by atoms with Gasteiger partial charge < -0.3 is 0 Å². The molecule has 3 aromatic rings. The van der Waals surface area contributed by atoms with Crippen molar-refractivity contribution in [2.45, 2.75) is 10.8 Å². The fourth-order valence-corrected chi connectivity index (χ4v) is 2.90. The number of nitro benzene ring substituents is 1. The van der Waals surface area contributed by atoms with E-state index in [-0.39, 0.29) is 11.5 Å². The van der Waals surface area contributed by atoms with Crippen LogP contribution >= 0.6 is 11.8 Å². The van der Waals surface area contributed by atoms with E-state index >= 15 is 0 Å². The van der Waals surface area contributed by atoms with Crippen LogP contribution in [0.25, 0.3) is 11.3 Å². The fraction of sp³-hybridized carbons (Fsp3) is 0.0588. The zero-order valence-electron chi connectivity index (χ0n) is 12.4. The van der Waals surface area contributed by atoms with Crippen LogP contribution in [0.15, 0.2) is 65.7 Å². The smallest absolute Gasteiger partial charge is 0.258 e. The molecule has 0 atom stereocenters. The number of hydrogen-bond donors (Lipinski definition) is 0. The Morgan fingerprint density at radius 1 is 1.04 bits per heavy atom. The van der Waals surface area contributed by atoms with E-state index in [0.29, 0.717) is 27.6 Å². The summed E-state index contributed by atoms with van der Waals surface area (Å²) in [7, 11) is 0. The summed E-state index contributed by atoms with van der Waals surface area (Å²) in [5, 5.41) is 19.7. The van der Waals surface area contributed by atoms with Gasteiger partial charge in [0.1, 0.15) is 10.8 Å². The molecule has 0 saturated carbocycles. The molecule has 24 heavy (non-hydrogen) atoms. The maximum Gasteiger partial charge on any atom is 0.270 e. The first-order chi connectivity index (χ1) is 11.6. The number of thioether (sulfide) groups is 1. The monoisotopic (exact) mass is 341 g/mol. The molecule has 2 aromatic carbocycles. The van der Waals surface area contributed by atoms with Crippen LogP contribution in [0.2, 0.25) is 0 Å². The van der Waals surface area contributed by atoms with Crippen molar-refractivity contribution in [3.8, 4) is 11.3 Å². The van der Waals surface area contributed by atoms with E-state index in [4.69, 9.17) is 0 Å². The summed E-state index contributed by atoms with van der Waals surface area (Å²) in [6, 6.07) is 16.3. The van der Waals surface area contributed by atoms with Gasteiger partial charge in [-0.2, -0.15) is 0 Å². The summed E-state index contributed by atoms with van der Waals surface area (Å²) in [4.78, 5) is 10.4. The lowest BCUT2D eigenvalue weighted by molar-refractivity contribution is -0.384. The van der Waals surface area contributed by atoms with Crippen LogP contribution in [0.1, 0.15) is 5.56 Å². The van der Waals surface area contributed by atoms with Crippen LogP contribution < -0.4 is 0 Å². The first kappa shape index (κ1) is 16.1. The molecule has 0 unspecified atom stereocenters. The lowest BCUT2D eigenvalue weighted by atomic mass is 10.1. The highest BCUT2D eigenvalue weighted by Crippen LogP contribution is 2.25. The van der Waals surface area contributed by atoms with Crippen molar-refractivity contribution in [3.63, 3.8) is 0 Å². The molecule has 1 heterocycles. The Bertz CT molecular complexity index is 872. The van der Waals surface area contributed by atoms with Gasteiger partial charge in [0.05, 0.1) is 10.6 Å². The van der Waals surface area contributed by atoms with Crippen LogP contribution in [0.5, 0.6) is 0 Å². The lowest BCUT2D eigenvalue weighted by Gasteiger charge is -2.04. The second-order valence-electron chi connectivity index (χ2n) is 4.94.